The lowest BCUT2D eigenvalue weighted by Gasteiger charge is -2.45. The van der Waals surface area contributed by atoms with Gasteiger partial charge in [0.15, 0.2) is 5.76 Å². The summed E-state index contributed by atoms with van der Waals surface area (Å²) in [5, 5.41) is 4.05. The van der Waals surface area contributed by atoms with E-state index in [0.29, 0.717) is 49.8 Å². The molecule has 0 bridgehead atoms. The Balaban J connectivity index is 1.40. The minimum absolute atomic E-state index is 0.117. The zero-order valence-electron chi connectivity index (χ0n) is 20.6. The molecule has 2 atom stereocenters. The lowest BCUT2D eigenvalue weighted by Crippen LogP contribution is -2.47. The standard InChI is InChI=1S/C27H26FN5O4S/c1-35-18-3-4-21(31-14-18)26(34)32-17-2-5-23-19(12-17)27(8-9-30-15-38-27)20-13-22(16-6-10-36-11-7-16)33(29)25(28)24(20)37-23/h2-6,12-15,22H,7-11,29H2,1H3,(H,32,34)/t22?,27-/m0/s1. The van der Waals surface area contributed by atoms with Crippen molar-refractivity contribution in [3.63, 3.8) is 0 Å². The number of amides is 1. The fourth-order valence-electron chi connectivity index (χ4n) is 5.13. The van der Waals surface area contributed by atoms with Crippen molar-refractivity contribution >= 4 is 28.9 Å². The minimum atomic E-state index is -0.660. The van der Waals surface area contributed by atoms with Crippen molar-refractivity contribution in [1.29, 1.82) is 0 Å². The molecule has 3 N–H and O–H groups in total. The second-order valence-electron chi connectivity index (χ2n) is 9.21. The maximum Gasteiger partial charge on any atom is 0.274 e. The smallest absolute Gasteiger partial charge is 0.274 e. The van der Waals surface area contributed by atoms with Crippen LogP contribution in [0, 0.1) is 0 Å². The Morgan fingerprint density at radius 2 is 2.24 bits per heavy atom. The summed E-state index contributed by atoms with van der Waals surface area (Å²) in [4.78, 5) is 21.5. The van der Waals surface area contributed by atoms with Crippen molar-refractivity contribution < 1.29 is 23.4 Å². The van der Waals surface area contributed by atoms with Crippen LogP contribution in [0.2, 0.25) is 0 Å². The number of methoxy groups -OCH3 is 1. The summed E-state index contributed by atoms with van der Waals surface area (Å²) in [7, 11) is 1.54. The van der Waals surface area contributed by atoms with E-state index in [2.05, 4.69) is 15.3 Å². The second kappa shape index (κ2) is 9.90. The number of hydrogen-bond donors (Lipinski definition) is 2. The highest BCUT2D eigenvalue weighted by Gasteiger charge is 2.49. The maximum atomic E-state index is 15.8. The molecule has 0 saturated carbocycles. The first kappa shape index (κ1) is 24.7. The number of carbonyl (C=O) groups excluding carboxylic acids is 1. The Hall–Kier alpha value is -3.67. The number of aliphatic imine (C=N–C) groups is 1. The van der Waals surface area contributed by atoms with E-state index in [-0.39, 0.29) is 17.4 Å². The molecule has 1 aromatic heterocycles. The highest BCUT2D eigenvalue weighted by atomic mass is 32.2. The van der Waals surface area contributed by atoms with Crippen LogP contribution in [0.4, 0.5) is 10.1 Å². The van der Waals surface area contributed by atoms with Crippen LogP contribution in [0.1, 0.15) is 28.9 Å². The Bertz CT molecular complexity index is 1410. The molecule has 6 rings (SSSR count). The van der Waals surface area contributed by atoms with Gasteiger partial charge in [0.25, 0.3) is 5.91 Å². The van der Waals surface area contributed by atoms with Gasteiger partial charge in [0.2, 0.25) is 5.95 Å². The Morgan fingerprint density at radius 1 is 1.34 bits per heavy atom. The summed E-state index contributed by atoms with van der Waals surface area (Å²) >= 11 is 1.51. The van der Waals surface area contributed by atoms with Crippen LogP contribution in [0.15, 0.2) is 76.5 Å². The van der Waals surface area contributed by atoms with Crippen LogP contribution >= 0.6 is 11.8 Å². The van der Waals surface area contributed by atoms with Crippen LogP contribution < -0.4 is 20.6 Å². The summed E-state index contributed by atoms with van der Waals surface area (Å²) in [6, 6.07) is 8.17. The van der Waals surface area contributed by atoms with Gasteiger partial charge in [-0.05, 0) is 54.8 Å². The summed E-state index contributed by atoms with van der Waals surface area (Å²) in [6.45, 7) is 1.60. The molecule has 5 heterocycles. The molecule has 0 radical (unpaired) electrons. The van der Waals surface area contributed by atoms with E-state index in [0.717, 1.165) is 21.7 Å². The molecule has 196 valence electrons. The molecule has 0 saturated heterocycles. The third kappa shape index (κ3) is 4.16. The van der Waals surface area contributed by atoms with Crippen molar-refractivity contribution in [2.24, 2.45) is 10.8 Å². The lowest BCUT2D eigenvalue weighted by atomic mass is 9.80. The predicted molar refractivity (Wildman–Crippen MR) is 143 cm³/mol. The molecule has 1 amide bonds. The number of hydrazine groups is 1. The fourth-order valence-corrected chi connectivity index (χ4v) is 6.27. The van der Waals surface area contributed by atoms with Gasteiger partial charge in [0.1, 0.15) is 17.2 Å². The van der Waals surface area contributed by atoms with Gasteiger partial charge in [-0.1, -0.05) is 17.8 Å². The number of fused-ring (bicyclic) bond motifs is 4. The first-order valence-corrected chi connectivity index (χ1v) is 13.1. The minimum Gasteiger partial charge on any atom is -0.495 e. The van der Waals surface area contributed by atoms with Gasteiger partial charge in [0, 0.05) is 23.4 Å². The normalized spacial score (nSPS) is 24.2. The number of benzene rings is 1. The van der Waals surface area contributed by atoms with Crippen LogP contribution in [0.5, 0.6) is 11.5 Å². The van der Waals surface area contributed by atoms with Gasteiger partial charge in [-0.2, -0.15) is 4.39 Å². The molecule has 1 aromatic carbocycles. The van der Waals surface area contributed by atoms with E-state index in [1.54, 1.807) is 29.8 Å². The summed E-state index contributed by atoms with van der Waals surface area (Å²) in [5.41, 5.74) is 5.19. The number of carbonyl (C=O) groups is 1. The molecule has 9 nitrogen and oxygen atoms in total. The third-order valence-electron chi connectivity index (χ3n) is 7.11. The Labute approximate surface area is 223 Å². The van der Waals surface area contributed by atoms with Gasteiger partial charge >= 0.3 is 0 Å². The Morgan fingerprint density at radius 3 is 2.95 bits per heavy atom. The number of hydrogen-bond acceptors (Lipinski definition) is 9. The molecule has 2 aromatic rings. The van der Waals surface area contributed by atoms with E-state index >= 15 is 4.39 Å². The topological polar surface area (TPSA) is 111 Å². The van der Waals surface area contributed by atoms with Crippen LogP contribution in [-0.2, 0) is 9.48 Å². The molecule has 1 unspecified atom stereocenters. The number of nitrogens with two attached hydrogens (primary N) is 1. The number of ether oxygens (including phenoxy) is 3. The van der Waals surface area contributed by atoms with Crippen molar-refractivity contribution in [3.05, 3.63) is 82.8 Å². The maximum absolute atomic E-state index is 15.8. The summed E-state index contributed by atoms with van der Waals surface area (Å²) < 4.78 is 31.8. The number of rotatable bonds is 4. The van der Waals surface area contributed by atoms with Crippen LogP contribution in [0.3, 0.4) is 0 Å². The highest BCUT2D eigenvalue weighted by molar-refractivity contribution is 8.13. The molecular formula is C27H26FN5O4S. The Kier molecular flexibility index (Phi) is 6.42. The van der Waals surface area contributed by atoms with Crippen LogP contribution in [0.25, 0.3) is 0 Å². The average molecular weight is 536 g/mol. The van der Waals surface area contributed by atoms with E-state index in [9.17, 15) is 4.79 Å². The van der Waals surface area contributed by atoms with E-state index in [1.807, 2.05) is 18.2 Å². The quantitative estimate of drug-likeness (QED) is 0.343. The number of nitrogens with one attached hydrogen (secondary N) is 1. The fraction of sp³-hybridized carbons (Fsp3) is 0.296. The molecule has 1 spiro atoms. The molecular weight excluding hydrogens is 509 g/mol. The van der Waals surface area contributed by atoms with Gasteiger partial charge < -0.3 is 19.5 Å². The first-order chi connectivity index (χ1) is 18.5. The second-order valence-corrected chi connectivity index (χ2v) is 10.4. The number of allylic oxidation sites excluding steroid dienone is 1. The lowest BCUT2D eigenvalue weighted by molar-refractivity contribution is 0.102. The van der Waals surface area contributed by atoms with Gasteiger partial charge in [0.05, 0.1) is 42.9 Å². The number of nitrogens with zero attached hydrogens (tertiary/aromatic N) is 3. The largest absolute Gasteiger partial charge is 0.495 e. The van der Waals surface area contributed by atoms with Crippen molar-refractivity contribution in [1.82, 2.24) is 9.99 Å². The average Bonchev–Trinajstić information content (AvgIpc) is 2.96. The summed E-state index contributed by atoms with van der Waals surface area (Å²) in [5.74, 6) is 6.47. The monoisotopic (exact) mass is 535 g/mol. The van der Waals surface area contributed by atoms with Gasteiger partial charge in [-0.25, -0.2) is 10.8 Å². The first-order valence-electron chi connectivity index (χ1n) is 12.2. The summed E-state index contributed by atoms with van der Waals surface area (Å²) in [6.07, 6.45) is 6.75. The molecule has 0 fully saturated rings. The zero-order chi connectivity index (χ0) is 26.3. The van der Waals surface area contributed by atoms with Crippen molar-refractivity contribution in [2.45, 2.75) is 23.6 Å². The van der Waals surface area contributed by atoms with Crippen molar-refractivity contribution in [2.75, 3.05) is 32.2 Å². The highest BCUT2D eigenvalue weighted by Crippen LogP contribution is 2.58. The third-order valence-corrected chi connectivity index (χ3v) is 8.41. The molecule has 38 heavy (non-hydrogen) atoms. The molecule has 0 aliphatic carbocycles. The molecule has 4 aliphatic heterocycles. The molecule has 11 heteroatoms. The van der Waals surface area contributed by atoms with Crippen LogP contribution in [-0.4, -0.2) is 54.4 Å². The number of thioether (sulfide) groups is 1. The number of anilines is 1. The number of aromatic nitrogens is 1. The van der Waals surface area contributed by atoms with Crippen molar-refractivity contribution in [3.8, 4) is 11.5 Å². The van der Waals surface area contributed by atoms with E-state index in [1.165, 1.54) is 25.1 Å². The van der Waals surface area contributed by atoms with Gasteiger partial charge in [-0.3, -0.25) is 14.8 Å². The zero-order valence-corrected chi connectivity index (χ0v) is 21.5. The van der Waals surface area contributed by atoms with E-state index < -0.39 is 16.7 Å². The van der Waals surface area contributed by atoms with E-state index in [4.69, 9.17) is 20.1 Å². The SMILES string of the molecule is COc1ccc(C(=O)Nc2ccc3c(c2)[C@@]2(CCN=CS2)C2=CC(C4=CCOCC4)N(N)C(F)=C2O3)nc1. The number of pyridine rings is 1. The number of halogens is 1. The predicted octanol–water partition coefficient (Wildman–Crippen LogP) is 4.07. The molecule has 4 aliphatic rings. The van der Waals surface area contributed by atoms with Gasteiger partial charge in [-0.15, -0.1) is 0 Å².